The van der Waals surface area contributed by atoms with Crippen LogP contribution in [0.5, 0.6) is 0 Å². The van der Waals surface area contributed by atoms with Crippen LogP contribution in [0, 0.1) is 0 Å². The minimum absolute atomic E-state index is 0.774. The maximum Gasteiger partial charge on any atom is 0.165 e. The zero-order chi connectivity index (χ0) is 34.6. The largest absolute Gasteiger partial charge is 0.456 e. The van der Waals surface area contributed by atoms with E-state index >= 15 is 0 Å². The van der Waals surface area contributed by atoms with Crippen molar-refractivity contribution in [2.75, 3.05) is 0 Å². The van der Waals surface area contributed by atoms with Crippen molar-refractivity contribution >= 4 is 87.4 Å². The van der Waals surface area contributed by atoms with Gasteiger partial charge in [0.1, 0.15) is 16.9 Å². The van der Waals surface area contributed by atoms with E-state index in [9.17, 15) is 0 Å². The summed E-state index contributed by atoms with van der Waals surface area (Å²) in [5, 5.41) is 9.21. The Bertz CT molecular complexity index is 3420. The van der Waals surface area contributed by atoms with Crippen molar-refractivity contribution in [2.45, 2.75) is 0 Å². The van der Waals surface area contributed by atoms with Gasteiger partial charge in [-0.3, -0.25) is 4.57 Å². The van der Waals surface area contributed by atoms with Gasteiger partial charge in [0.2, 0.25) is 0 Å². The summed E-state index contributed by atoms with van der Waals surface area (Å²) in [6, 6.07) is 59.9. The van der Waals surface area contributed by atoms with E-state index in [1.165, 1.54) is 32.6 Å². The summed E-state index contributed by atoms with van der Waals surface area (Å²) in [6.45, 7) is 0. The lowest BCUT2D eigenvalue weighted by molar-refractivity contribution is 0.669. The van der Waals surface area contributed by atoms with Gasteiger partial charge in [0.05, 0.1) is 38.8 Å². The number of aromatic nitrogens is 4. The summed E-state index contributed by atoms with van der Waals surface area (Å²) in [5.74, 6) is 0.774. The van der Waals surface area contributed by atoms with Crippen LogP contribution >= 0.6 is 0 Å². The lowest BCUT2D eigenvalue weighted by atomic mass is 10.0. The monoisotopic (exact) mass is 676 g/mol. The van der Waals surface area contributed by atoms with Gasteiger partial charge < -0.3 is 8.98 Å². The summed E-state index contributed by atoms with van der Waals surface area (Å²) in [6.07, 6.45) is 0. The molecule has 0 amide bonds. The fraction of sp³-hybridized carbons (Fsp3) is 0. The fourth-order valence-electron chi connectivity index (χ4n) is 8.69. The molecule has 12 aromatic rings. The maximum atomic E-state index is 6.39. The molecule has 0 saturated carbocycles. The molecule has 12 rings (SSSR count). The smallest absolute Gasteiger partial charge is 0.165 e. The number of hydrogen-bond donors (Lipinski definition) is 0. The van der Waals surface area contributed by atoms with Gasteiger partial charge >= 0.3 is 0 Å². The van der Waals surface area contributed by atoms with Crippen LogP contribution in [0.3, 0.4) is 0 Å². The van der Waals surface area contributed by atoms with Crippen molar-refractivity contribution in [1.29, 1.82) is 0 Å². The van der Waals surface area contributed by atoms with Gasteiger partial charge in [-0.1, -0.05) is 121 Å². The average Bonchev–Trinajstić information content (AvgIpc) is 3.87. The van der Waals surface area contributed by atoms with E-state index in [0.717, 1.165) is 77.5 Å². The van der Waals surface area contributed by atoms with Gasteiger partial charge in [0.25, 0.3) is 0 Å². The Morgan fingerprint density at radius 2 is 0.962 bits per heavy atom. The normalized spacial score (nSPS) is 12.2. The predicted molar refractivity (Wildman–Crippen MR) is 218 cm³/mol. The SMILES string of the molecule is c1ccc2c(-n3c4ccccc4c4ccccc43)c3c4ccccc4n(-c4nc5ccccc5nc4-c4cccc5oc6ccccc6c45)c3cc2c1. The number of fused-ring (bicyclic) bond motifs is 11. The van der Waals surface area contributed by atoms with Crippen LogP contribution < -0.4 is 0 Å². The molecular formula is C48H28N4O. The molecule has 0 aliphatic heterocycles. The van der Waals surface area contributed by atoms with Crippen molar-refractivity contribution < 1.29 is 4.42 Å². The van der Waals surface area contributed by atoms with E-state index in [-0.39, 0.29) is 0 Å². The molecule has 0 unspecified atom stereocenters. The number of nitrogens with zero attached hydrogens (tertiary/aromatic N) is 4. The third kappa shape index (κ3) is 3.91. The molecule has 4 aromatic heterocycles. The fourth-order valence-corrected chi connectivity index (χ4v) is 8.69. The minimum Gasteiger partial charge on any atom is -0.456 e. The Labute approximate surface area is 302 Å². The second-order valence-electron chi connectivity index (χ2n) is 13.7. The first-order valence-electron chi connectivity index (χ1n) is 17.9. The van der Waals surface area contributed by atoms with Gasteiger partial charge in [-0.05, 0) is 53.9 Å². The van der Waals surface area contributed by atoms with Crippen LogP contribution in [0.1, 0.15) is 0 Å². The molecule has 0 atom stereocenters. The Morgan fingerprint density at radius 1 is 0.396 bits per heavy atom. The summed E-state index contributed by atoms with van der Waals surface area (Å²) in [5.41, 5.74) is 10.8. The van der Waals surface area contributed by atoms with Gasteiger partial charge in [-0.15, -0.1) is 0 Å². The topological polar surface area (TPSA) is 48.8 Å². The molecule has 0 spiro atoms. The molecule has 5 heteroatoms. The first-order chi connectivity index (χ1) is 26.3. The van der Waals surface area contributed by atoms with E-state index in [1.54, 1.807) is 0 Å². The van der Waals surface area contributed by atoms with Crippen LogP contribution in [0.2, 0.25) is 0 Å². The van der Waals surface area contributed by atoms with Crippen molar-refractivity contribution in [3.05, 3.63) is 170 Å². The number of para-hydroxylation sites is 6. The first kappa shape index (κ1) is 28.5. The minimum atomic E-state index is 0.774. The molecule has 5 nitrogen and oxygen atoms in total. The molecule has 0 bridgehead atoms. The van der Waals surface area contributed by atoms with Crippen LogP contribution in [-0.2, 0) is 0 Å². The molecule has 53 heavy (non-hydrogen) atoms. The lowest BCUT2D eigenvalue weighted by Crippen LogP contribution is -2.04. The number of benzene rings is 8. The van der Waals surface area contributed by atoms with E-state index in [0.29, 0.717) is 0 Å². The summed E-state index contributed by atoms with van der Waals surface area (Å²) in [4.78, 5) is 10.9. The summed E-state index contributed by atoms with van der Waals surface area (Å²) in [7, 11) is 0. The van der Waals surface area contributed by atoms with Crippen LogP contribution in [0.15, 0.2) is 174 Å². The van der Waals surface area contributed by atoms with Crippen LogP contribution in [0.25, 0.3) is 110 Å². The molecular weight excluding hydrogens is 649 g/mol. The zero-order valence-electron chi connectivity index (χ0n) is 28.4. The van der Waals surface area contributed by atoms with E-state index in [4.69, 9.17) is 14.4 Å². The highest BCUT2D eigenvalue weighted by Gasteiger charge is 2.26. The van der Waals surface area contributed by atoms with E-state index in [2.05, 4.69) is 143 Å². The lowest BCUT2D eigenvalue weighted by Gasteiger charge is -2.16. The van der Waals surface area contributed by atoms with E-state index < -0.39 is 0 Å². The highest BCUT2D eigenvalue weighted by Crippen LogP contribution is 2.45. The van der Waals surface area contributed by atoms with Crippen molar-refractivity contribution in [2.24, 2.45) is 0 Å². The Morgan fingerprint density at radius 3 is 1.72 bits per heavy atom. The predicted octanol–water partition coefficient (Wildman–Crippen LogP) is 12.5. The molecule has 0 radical (unpaired) electrons. The second kappa shape index (κ2) is 10.6. The van der Waals surface area contributed by atoms with Crippen LogP contribution in [0.4, 0.5) is 0 Å². The van der Waals surface area contributed by atoms with Crippen LogP contribution in [-0.4, -0.2) is 19.1 Å². The Balaban J connectivity index is 1.29. The standard InChI is InChI=1S/C48H28N4O/c1-2-15-30-29(14-1)28-41-45(47(30)51-38-23-9-3-16-31(38)32-17-4-10-24-39(32)51)33-18-5-11-25-40(33)52(41)48-46(49-36-21-7-8-22-37(36)50-48)35-20-13-27-43-44(35)34-19-6-12-26-42(34)53-43/h1-28H. The van der Waals surface area contributed by atoms with E-state index in [1.807, 2.05) is 36.4 Å². The molecule has 0 fully saturated rings. The summed E-state index contributed by atoms with van der Waals surface area (Å²) < 4.78 is 11.2. The van der Waals surface area contributed by atoms with Crippen molar-refractivity contribution in [3.63, 3.8) is 0 Å². The molecule has 0 saturated heterocycles. The second-order valence-corrected chi connectivity index (χ2v) is 13.7. The van der Waals surface area contributed by atoms with Gasteiger partial charge in [-0.25, -0.2) is 9.97 Å². The van der Waals surface area contributed by atoms with Gasteiger partial charge in [-0.2, -0.15) is 0 Å². The highest BCUT2D eigenvalue weighted by atomic mass is 16.3. The first-order valence-corrected chi connectivity index (χ1v) is 17.9. The molecule has 4 heterocycles. The third-order valence-corrected chi connectivity index (χ3v) is 10.9. The molecule has 0 aliphatic carbocycles. The van der Waals surface area contributed by atoms with Gasteiger partial charge in [0, 0.05) is 43.3 Å². The number of furan rings is 1. The quantitative estimate of drug-likeness (QED) is 0.187. The van der Waals surface area contributed by atoms with Gasteiger partial charge in [0.15, 0.2) is 5.82 Å². The molecule has 0 N–H and O–H groups in total. The van der Waals surface area contributed by atoms with Crippen molar-refractivity contribution in [1.82, 2.24) is 19.1 Å². The zero-order valence-corrected chi connectivity index (χ0v) is 28.4. The third-order valence-electron chi connectivity index (χ3n) is 10.9. The molecule has 0 aliphatic rings. The highest BCUT2D eigenvalue weighted by molar-refractivity contribution is 6.22. The number of hydrogen-bond acceptors (Lipinski definition) is 3. The molecule has 246 valence electrons. The summed E-state index contributed by atoms with van der Waals surface area (Å²) >= 11 is 0. The Kier molecular flexibility index (Phi) is 5.71. The number of rotatable bonds is 3. The maximum absolute atomic E-state index is 6.39. The van der Waals surface area contributed by atoms with Crippen molar-refractivity contribution in [3.8, 4) is 22.8 Å². The Hall–Kier alpha value is -7.24. The average molecular weight is 677 g/mol. The molecule has 8 aromatic carbocycles.